The largest absolute Gasteiger partial charge is 0.495 e. The molecule has 3 N–H and O–H groups in total. The SMILES string of the molecule is CCOCC(=O)Nc1c(OC)cccc1C(N)=S. The first kappa shape index (κ1) is 14.4. The molecule has 0 bridgehead atoms. The monoisotopic (exact) mass is 268 g/mol. The number of hydrogen-bond donors (Lipinski definition) is 2. The smallest absolute Gasteiger partial charge is 0.250 e. The number of para-hydroxylation sites is 1. The van der Waals surface area contributed by atoms with Crippen LogP contribution in [-0.4, -0.2) is 31.2 Å². The summed E-state index contributed by atoms with van der Waals surface area (Å²) in [5, 5.41) is 2.69. The number of carbonyl (C=O) groups is 1. The molecule has 0 aliphatic heterocycles. The number of nitrogens with one attached hydrogen (secondary N) is 1. The van der Waals surface area contributed by atoms with Crippen molar-refractivity contribution in [3.8, 4) is 5.75 Å². The topological polar surface area (TPSA) is 73.6 Å². The normalized spacial score (nSPS) is 9.89. The number of methoxy groups -OCH3 is 1. The molecular weight excluding hydrogens is 252 g/mol. The summed E-state index contributed by atoms with van der Waals surface area (Å²) in [6, 6.07) is 5.20. The highest BCUT2D eigenvalue weighted by atomic mass is 32.1. The van der Waals surface area contributed by atoms with Gasteiger partial charge in [0.05, 0.1) is 12.8 Å². The van der Waals surface area contributed by atoms with Crippen LogP contribution in [0.15, 0.2) is 18.2 Å². The molecule has 0 radical (unpaired) electrons. The molecule has 1 aromatic carbocycles. The fraction of sp³-hybridized carbons (Fsp3) is 0.333. The van der Waals surface area contributed by atoms with E-state index in [4.69, 9.17) is 27.4 Å². The number of benzene rings is 1. The quantitative estimate of drug-likeness (QED) is 0.761. The van der Waals surface area contributed by atoms with Crippen molar-refractivity contribution < 1.29 is 14.3 Å². The van der Waals surface area contributed by atoms with Crippen LogP contribution in [0, 0.1) is 0 Å². The number of anilines is 1. The van der Waals surface area contributed by atoms with Gasteiger partial charge >= 0.3 is 0 Å². The minimum atomic E-state index is -0.279. The maximum absolute atomic E-state index is 11.6. The van der Waals surface area contributed by atoms with E-state index in [1.54, 1.807) is 18.2 Å². The van der Waals surface area contributed by atoms with Gasteiger partial charge in [-0.3, -0.25) is 4.79 Å². The van der Waals surface area contributed by atoms with Gasteiger partial charge in [-0.05, 0) is 19.1 Å². The van der Waals surface area contributed by atoms with Crippen LogP contribution in [0.4, 0.5) is 5.69 Å². The van der Waals surface area contributed by atoms with Crippen LogP contribution in [0.25, 0.3) is 0 Å². The second-order valence-corrected chi connectivity index (χ2v) is 3.87. The van der Waals surface area contributed by atoms with E-state index in [2.05, 4.69) is 5.32 Å². The van der Waals surface area contributed by atoms with Gasteiger partial charge in [0, 0.05) is 12.2 Å². The molecule has 5 nitrogen and oxygen atoms in total. The lowest BCUT2D eigenvalue weighted by Crippen LogP contribution is -2.21. The number of amides is 1. The molecule has 0 fully saturated rings. The fourth-order valence-electron chi connectivity index (χ4n) is 1.41. The van der Waals surface area contributed by atoms with E-state index >= 15 is 0 Å². The van der Waals surface area contributed by atoms with Crippen LogP contribution in [0.3, 0.4) is 0 Å². The summed E-state index contributed by atoms with van der Waals surface area (Å²) in [6.45, 7) is 2.27. The Kier molecular flexibility index (Phi) is 5.54. The fourth-order valence-corrected chi connectivity index (χ4v) is 1.58. The third kappa shape index (κ3) is 3.68. The van der Waals surface area contributed by atoms with Crippen LogP contribution >= 0.6 is 12.2 Å². The summed E-state index contributed by atoms with van der Waals surface area (Å²) in [5.74, 6) is 0.226. The maximum atomic E-state index is 11.6. The zero-order chi connectivity index (χ0) is 13.5. The third-order valence-corrected chi connectivity index (χ3v) is 2.43. The van der Waals surface area contributed by atoms with Gasteiger partial charge in [-0.25, -0.2) is 0 Å². The van der Waals surface area contributed by atoms with Crippen molar-refractivity contribution in [3.63, 3.8) is 0 Å². The van der Waals surface area contributed by atoms with E-state index < -0.39 is 0 Å². The summed E-state index contributed by atoms with van der Waals surface area (Å²) >= 11 is 4.94. The lowest BCUT2D eigenvalue weighted by Gasteiger charge is -2.14. The molecule has 1 rings (SSSR count). The molecule has 0 heterocycles. The Morgan fingerprint density at radius 2 is 2.22 bits per heavy atom. The van der Waals surface area contributed by atoms with Crippen molar-refractivity contribution >= 4 is 28.8 Å². The molecule has 0 aliphatic rings. The van der Waals surface area contributed by atoms with Crippen LogP contribution < -0.4 is 15.8 Å². The van der Waals surface area contributed by atoms with Gasteiger partial charge in [0.2, 0.25) is 5.91 Å². The Hall–Kier alpha value is -1.66. The molecule has 1 amide bonds. The molecular formula is C12H16N2O3S. The van der Waals surface area contributed by atoms with Gasteiger partial charge in [-0.1, -0.05) is 18.3 Å². The van der Waals surface area contributed by atoms with Crippen LogP contribution in [0.1, 0.15) is 12.5 Å². The summed E-state index contributed by atoms with van der Waals surface area (Å²) in [5.41, 5.74) is 6.64. The standard InChI is InChI=1S/C12H16N2O3S/c1-3-17-7-10(15)14-11-8(12(13)18)5-4-6-9(11)16-2/h4-6H,3,7H2,1-2H3,(H2,13,18)(H,14,15). The first-order valence-corrected chi connectivity index (χ1v) is 5.85. The minimum absolute atomic E-state index is 0.0225. The molecule has 0 aromatic heterocycles. The van der Waals surface area contributed by atoms with E-state index in [1.165, 1.54) is 7.11 Å². The van der Waals surface area contributed by atoms with Crippen molar-refractivity contribution in [3.05, 3.63) is 23.8 Å². The lowest BCUT2D eigenvalue weighted by atomic mass is 10.1. The van der Waals surface area contributed by atoms with Crippen molar-refractivity contribution in [2.75, 3.05) is 25.6 Å². The van der Waals surface area contributed by atoms with Crippen molar-refractivity contribution in [2.45, 2.75) is 6.92 Å². The van der Waals surface area contributed by atoms with Crippen molar-refractivity contribution in [1.82, 2.24) is 0 Å². The molecule has 0 aliphatic carbocycles. The number of ether oxygens (including phenoxy) is 2. The molecule has 98 valence electrons. The zero-order valence-electron chi connectivity index (χ0n) is 10.4. The van der Waals surface area contributed by atoms with Gasteiger partial charge in [-0.15, -0.1) is 0 Å². The Morgan fingerprint density at radius 1 is 1.50 bits per heavy atom. The average Bonchev–Trinajstić information content (AvgIpc) is 2.36. The summed E-state index contributed by atoms with van der Waals surface area (Å²) < 4.78 is 10.2. The van der Waals surface area contributed by atoms with Gasteiger partial charge in [0.15, 0.2) is 0 Å². The Labute approximate surface area is 111 Å². The maximum Gasteiger partial charge on any atom is 0.250 e. The highest BCUT2D eigenvalue weighted by Crippen LogP contribution is 2.28. The number of carbonyl (C=O) groups excluding carboxylic acids is 1. The molecule has 0 spiro atoms. The van der Waals surface area contributed by atoms with Gasteiger partial charge in [0.25, 0.3) is 0 Å². The van der Waals surface area contributed by atoms with E-state index in [-0.39, 0.29) is 17.5 Å². The molecule has 0 saturated carbocycles. The molecule has 0 unspecified atom stereocenters. The van der Waals surface area contributed by atoms with Crippen LogP contribution in [-0.2, 0) is 9.53 Å². The number of thiocarbonyl (C=S) groups is 1. The lowest BCUT2D eigenvalue weighted by molar-refractivity contribution is -0.120. The molecule has 0 saturated heterocycles. The Balaban J connectivity index is 2.97. The van der Waals surface area contributed by atoms with E-state index in [1.807, 2.05) is 6.92 Å². The highest BCUT2D eigenvalue weighted by Gasteiger charge is 2.13. The molecule has 18 heavy (non-hydrogen) atoms. The predicted octanol–water partition coefficient (Wildman–Crippen LogP) is 1.30. The molecule has 6 heteroatoms. The Morgan fingerprint density at radius 3 is 2.78 bits per heavy atom. The van der Waals surface area contributed by atoms with Crippen LogP contribution in [0.2, 0.25) is 0 Å². The predicted molar refractivity (Wildman–Crippen MR) is 74.0 cm³/mol. The number of rotatable bonds is 6. The highest BCUT2D eigenvalue weighted by molar-refractivity contribution is 7.80. The first-order valence-electron chi connectivity index (χ1n) is 5.44. The Bertz CT molecular complexity index is 449. The summed E-state index contributed by atoms with van der Waals surface area (Å²) in [7, 11) is 1.51. The first-order chi connectivity index (χ1) is 8.60. The number of nitrogens with two attached hydrogens (primary N) is 1. The molecule has 1 aromatic rings. The average molecular weight is 268 g/mol. The van der Waals surface area contributed by atoms with E-state index in [9.17, 15) is 4.79 Å². The minimum Gasteiger partial charge on any atom is -0.495 e. The molecule has 0 atom stereocenters. The number of hydrogen-bond acceptors (Lipinski definition) is 4. The summed E-state index contributed by atoms with van der Waals surface area (Å²) in [4.78, 5) is 11.8. The third-order valence-electron chi connectivity index (χ3n) is 2.21. The van der Waals surface area contributed by atoms with Crippen molar-refractivity contribution in [2.24, 2.45) is 5.73 Å². The van der Waals surface area contributed by atoms with Gasteiger partial charge < -0.3 is 20.5 Å². The van der Waals surface area contributed by atoms with Gasteiger partial charge in [-0.2, -0.15) is 0 Å². The second kappa shape index (κ2) is 6.93. The van der Waals surface area contributed by atoms with Gasteiger partial charge in [0.1, 0.15) is 17.3 Å². The zero-order valence-corrected chi connectivity index (χ0v) is 11.2. The summed E-state index contributed by atoms with van der Waals surface area (Å²) in [6.07, 6.45) is 0. The van der Waals surface area contributed by atoms with E-state index in [0.29, 0.717) is 23.6 Å². The second-order valence-electron chi connectivity index (χ2n) is 3.43. The van der Waals surface area contributed by atoms with Crippen LogP contribution in [0.5, 0.6) is 5.75 Å². The van der Waals surface area contributed by atoms with E-state index in [0.717, 1.165) is 0 Å². The van der Waals surface area contributed by atoms with Crippen molar-refractivity contribution in [1.29, 1.82) is 0 Å².